The second-order valence-corrected chi connectivity index (χ2v) is 9.06. The van der Waals surface area contributed by atoms with E-state index in [2.05, 4.69) is 0 Å². The summed E-state index contributed by atoms with van der Waals surface area (Å²) in [6.07, 6.45) is 0. The van der Waals surface area contributed by atoms with Crippen LogP contribution in [0.4, 0.5) is 0 Å². The number of aromatic nitrogens is 1. The lowest BCUT2D eigenvalue weighted by molar-refractivity contribution is 0.262. The average Bonchev–Trinajstić information content (AvgIpc) is 2.88. The molecule has 1 heterocycles. The van der Waals surface area contributed by atoms with Crippen LogP contribution in [0.25, 0.3) is 10.9 Å². The Hall–Kier alpha value is -1.73. The molecule has 3 rings (SSSR count). The highest BCUT2D eigenvalue weighted by Gasteiger charge is 2.27. The predicted molar refractivity (Wildman–Crippen MR) is 110 cm³/mol. The Kier molecular flexibility index (Phi) is 5.72. The number of hydrogen-bond acceptors (Lipinski definition) is 4. The van der Waals surface area contributed by atoms with Crippen LogP contribution in [-0.4, -0.2) is 44.5 Å². The molecule has 0 saturated heterocycles. The third-order valence-corrected chi connectivity index (χ3v) is 6.49. The van der Waals surface area contributed by atoms with Crippen molar-refractivity contribution in [2.45, 2.75) is 11.8 Å². The number of hydrogen-bond donors (Lipinski definition) is 0. The first-order chi connectivity index (χ1) is 12.7. The van der Waals surface area contributed by atoms with E-state index < -0.39 is 10.0 Å². The zero-order valence-electron chi connectivity index (χ0n) is 15.2. The lowest BCUT2D eigenvalue weighted by atomic mass is 10.2. The minimum atomic E-state index is -3.85. The van der Waals surface area contributed by atoms with Crippen LogP contribution < -0.4 is 4.74 Å². The van der Waals surface area contributed by atoms with Crippen LogP contribution in [0.15, 0.2) is 47.4 Å². The van der Waals surface area contributed by atoms with Crippen molar-refractivity contribution in [3.8, 4) is 5.75 Å². The smallest absolute Gasteiger partial charge is 0.268 e. The van der Waals surface area contributed by atoms with Crippen molar-refractivity contribution in [3.63, 3.8) is 0 Å². The van der Waals surface area contributed by atoms with Crippen molar-refractivity contribution < 1.29 is 13.2 Å². The highest BCUT2D eigenvalue weighted by Crippen LogP contribution is 2.40. The van der Waals surface area contributed by atoms with E-state index in [1.54, 1.807) is 43.3 Å². The third-order valence-electron chi connectivity index (χ3n) is 4.18. The molecule has 27 heavy (non-hydrogen) atoms. The van der Waals surface area contributed by atoms with Gasteiger partial charge in [0.1, 0.15) is 12.4 Å². The molecule has 0 atom stereocenters. The van der Waals surface area contributed by atoms with Gasteiger partial charge in [-0.2, -0.15) is 0 Å². The standard InChI is InChI=1S/C19H20Cl2N2O3S/c1-13-19(26-10-9-22(2)3)16-11-14(20)12-17(21)18(16)23(13)27(24,25)15-7-5-4-6-8-15/h4-8,11-12H,9-10H2,1-3H3. The number of fused-ring (bicyclic) bond motifs is 1. The first-order valence-corrected chi connectivity index (χ1v) is 10.5. The van der Waals surface area contributed by atoms with Crippen LogP contribution in [0.3, 0.4) is 0 Å². The van der Waals surface area contributed by atoms with Crippen molar-refractivity contribution in [1.29, 1.82) is 0 Å². The second-order valence-electron chi connectivity index (χ2n) is 6.43. The Bertz CT molecular complexity index is 1080. The fourth-order valence-corrected chi connectivity index (χ4v) is 5.13. The van der Waals surface area contributed by atoms with Crippen molar-refractivity contribution in [3.05, 3.63) is 58.2 Å². The van der Waals surface area contributed by atoms with E-state index in [-0.39, 0.29) is 9.92 Å². The summed E-state index contributed by atoms with van der Waals surface area (Å²) < 4.78 is 33.8. The number of rotatable bonds is 6. The number of halogens is 2. The monoisotopic (exact) mass is 426 g/mol. The maximum absolute atomic E-state index is 13.3. The number of nitrogens with zero attached hydrogens (tertiary/aromatic N) is 2. The Morgan fingerprint density at radius 2 is 1.78 bits per heavy atom. The van der Waals surface area contributed by atoms with Gasteiger partial charge in [0.2, 0.25) is 0 Å². The molecule has 0 aliphatic rings. The summed E-state index contributed by atoms with van der Waals surface area (Å²) in [6, 6.07) is 11.4. The average molecular weight is 427 g/mol. The lowest BCUT2D eigenvalue weighted by Crippen LogP contribution is -2.20. The van der Waals surface area contributed by atoms with Gasteiger partial charge in [-0.3, -0.25) is 0 Å². The summed E-state index contributed by atoms with van der Waals surface area (Å²) in [5.41, 5.74) is 0.819. The van der Waals surface area contributed by atoms with Gasteiger partial charge in [-0.25, -0.2) is 12.4 Å². The summed E-state index contributed by atoms with van der Waals surface area (Å²) in [5, 5.41) is 1.24. The normalized spacial score (nSPS) is 12.1. The molecule has 2 aromatic carbocycles. The minimum Gasteiger partial charge on any atom is -0.490 e. The fraction of sp³-hybridized carbons (Fsp3) is 0.263. The van der Waals surface area contributed by atoms with Crippen molar-refractivity contribution >= 4 is 44.1 Å². The summed E-state index contributed by atoms with van der Waals surface area (Å²) >= 11 is 12.6. The van der Waals surface area contributed by atoms with E-state index in [4.69, 9.17) is 27.9 Å². The summed E-state index contributed by atoms with van der Waals surface area (Å²) in [7, 11) is 0.0218. The zero-order valence-corrected chi connectivity index (χ0v) is 17.6. The van der Waals surface area contributed by atoms with E-state index in [1.807, 2.05) is 19.0 Å². The molecule has 144 valence electrons. The molecule has 5 nitrogen and oxygen atoms in total. The third kappa shape index (κ3) is 3.80. The maximum Gasteiger partial charge on any atom is 0.268 e. The molecule has 0 aliphatic heterocycles. The Morgan fingerprint density at radius 1 is 1.11 bits per heavy atom. The quantitative estimate of drug-likeness (QED) is 0.584. The molecule has 0 bridgehead atoms. The highest BCUT2D eigenvalue weighted by atomic mass is 35.5. The van der Waals surface area contributed by atoms with Gasteiger partial charge in [-0.15, -0.1) is 0 Å². The second kappa shape index (κ2) is 7.72. The summed E-state index contributed by atoms with van der Waals surface area (Å²) in [6.45, 7) is 2.80. The largest absolute Gasteiger partial charge is 0.490 e. The van der Waals surface area contributed by atoms with Crippen LogP contribution in [0, 0.1) is 6.92 Å². The van der Waals surface area contributed by atoms with Crippen molar-refractivity contribution in [2.75, 3.05) is 27.2 Å². The summed E-state index contributed by atoms with van der Waals surface area (Å²) in [4.78, 5) is 2.16. The van der Waals surface area contributed by atoms with Crippen LogP contribution in [0.1, 0.15) is 5.69 Å². The van der Waals surface area contributed by atoms with E-state index in [0.29, 0.717) is 40.5 Å². The van der Waals surface area contributed by atoms with Gasteiger partial charge in [-0.05, 0) is 45.3 Å². The minimum absolute atomic E-state index is 0.177. The zero-order chi connectivity index (χ0) is 19.8. The molecule has 0 aliphatic carbocycles. The molecule has 3 aromatic rings. The van der Waals surface area contributed by atoms with Gasteiger partial charge >= 0.3 is 0 Å². The lowest BCUT2D eigenvalue weighted by Gasteiger charge is -2.12. The first-order valence-electron chi connectivity index (χ1n) is 8.31. The Labute approximate surface area is 169 Å². The predicted octanol–water partition coefficient (Wildman–Crippen LogP) is 4.43. The van der Waals surface area contributed by atoms with Crippen LogP contribution in [0.2, 0.25) is 10.0 Å². The molecule has 0 radical (unpaired) electrons. The molecule has 0 fully saturated rings. The van der Waals surface area contributed by atoms with Gasteiger partial charge in [0.15, 0.2) is 0 Å². The van der Waals surface area contributed by atoms with Gasteiger partial charge in [0.25, 0.3) is 10.0 Å². The van der Waals surface area contributed by atoms with Crippen LogP contribution >= 0.6 is 23.2 Å². The van der Waals surface area contributed by atoms with Gasteiger partial charge in [-0.1, -0.05) is 41.4 Å². The van der Waals surface area contributed by atoms with E-state index in [1.165, 1.54) is 10.0 Å². The molecular weight excluding hydrogens is 407 g/mol. The topological polar surface area (TPSA) is 51.5 Å². The SMILES string of the molecule is Cc1c(OCCN(C)C)c2cc(Cl)cc(Cl)c2n1S(=O)(=O)c1ccccc1. The van der Waals surface area contributed by atoms with E-state index >= 15 is 0 Å². The van der Waals surface area contributed by atoms with Gasteiger partial charge < -0.3 is 9.64 Å². The molecule has 0 amide bonds. The van der Waals surface area contributed by atoms with Crippen molar-refractivity contribution in [1.82, 2.24) is 8.87 Å². The van der Waals surface area contributed by atoms with Crippen molar-refractivity contribution in [2.24, 2.45) is 0 Å². The molecule has 0 N–H and O–H groups in total. The van der Waals surface area contributed by atoms with E-state index in [0.717, 1.165) is 0 Å². The number of benzene rings is 2. The highest BCUT2D eigenvalue weighted by molar-refractivity contribution is 7.90. The maximum atomic E-state index is 13.3. The number of likely N-dealkylation sites (N-methyl/N-ethyl adjacent to an activating group) is 1. The molecule has 0 saturated carbocycles. The summed E-state index contributed by atoms with van der Waals surface area (Å²) in [5.74, 6) is 0.468. The fourth-order valence-electron chi connectivity index (χ4n) is 2.91. The van der Waals surface area contributed by atoms with Gasteiger partial charge in [0.05, 0.1) is 21.1 Å². The van der Waals surface area contributed by atoms with Crippen LogP contribution in [0.5, 0.6) is 5.75 Å². The molecule has 1 aromatic heterocycles. The van der Waals surface area contributed by atoms with E-state index in [9.17, 15) is 8.42 Å². The first kappa shape index (κ1) is 20.0. The number of ether oxygens (including phenoxy) is 1. The Balaban J connectivity index is 2.26. The molecule has 8 heteroatoms. The Morgan fingerprint density at radius 3 is 2.41 bits per heavy atom. The van der Waals surface area contributed by atoms with Gasteiger partial charge in [0, 0.05) is 17.0 Å². The molecular formula is C19H20Cl2N2O3S. The van der Waals surface area contributed by atoms with Crippen LogP contribution in [-0.2, 0) is 10.0 Å². The molecule has 0 unspecified atom stereocenters. The molecule has 0 spiro atoms.